The molecule has 0 aromatic carbocycles. The quantitative estimate of drug-likeness (QED) is 0.852. The fraction of sp³-hybridized carbons (Fsp3) is 0.600. The van der Waals surface area contributed by atoms with E-state index in [1.54, 1.807) is 7.05 Å². The van der Waals surface area contributed by atoms with Crippen LogP contribution in [0.25, 0.3) is 0 Å². The Hall–Kier alpha value is -1.10. The van der Waals surface area contributed by atoms with Crippen LogP contribution in [0.5, 0.6) is 0 Å². The van der Waals surface area contributed by atoms with Gasteiger partial charge in [0.15, 0.2) is 9.84 Å². The minimum Gasteiger partial charge on any atom is -0.383 e. The SMILES string of the molecule is Cn1c(Cl)cnc1C(O)C1(C#N)CCS(=O)(=O)C1. The van der Waals surface area contributed by atoms with Gasteiger partial charge in [0.1, 0.15) is 22.5 Å². The molecule has 1 aromatic rings. The third kappa shape index (κ3) is 2.00. The molecule has 18 heavy (non-hydrogen) atoms. The molecule has 0 amide bonds. The number of halogens is 1. The number of nitriles is 1. The summed E-state index contributed by atoms with van der Waals surface area (Å²) in [5.74, 6) is -0.226. The maximum atomic E-state index is 11.5. The highest BCUT2D eigenvalue weighted by Crippen LogP contribution is 2.42. The number of aliphatic hydroxyl groups is 1. The van der Waals surface area contributed by atoms with E-state index in [0.717, 1.165) is 0 Å². The summed E-state index contributed by atoms with van der Waals surface area (Å²) >= 11 is 5.81. The van der Waals surface area contributed by atoms with E-state index in [1.807, 2.05) is 6.07 Å². The van der Waals surface area contributed by atoms with E-state index < -0.39 is 21.4 Å². The maximum Gasteiger partial charge on any atom is 0.152 e. The van der Waals surface area contributed by atoms with Crippen molar-refractivity contribution in [3.63, 3.8) is 0 Å². The van der Waals surface area contributed by atoms with Gasteiger partial charge in [0.05, 0.1) is 23.8 Å². The molecule has 2 atom stereocenters. The number of aromatic nitrogens is 2. The summed E-state index contributed by atoms with van der Waals surface area (Å²) in [6, 6.07) is 1.94. The minimum absolute atomic E-state index is 0.0875. The highest BCUT2D eigenvalue weighted by atomic mass is 35.5. The molecule has 8 heteroatoms. The summed E-state index contributed by atoms with van der Waals surface area (Å²) in [4.78, 5) is 3.94. The third-order valence-corrected chi connectivity index (χ3v) is 5.43. The van der Waals surface area contributed by atoms with Crippen molar-refractivity contribution in [3.05, 3.63) is 17.2 Å². The lowest BCUT2D eigenvalue weighted by Crippen LogP contribution is -2.30. The Morgan fingerprint density at radius 2 is 2.39 bits per heavy atom. The Morgan fingerprint density at radius 3 is 2.78 bits per heavy atom. The highest BCUT2D eigenvalue weighted by Gasteiger charge is 2.50. The average Bonchev–Trinajstić information content (AvgIpc) is 2.81. The molecule has 2 rings (SSSR count). The number of aliphatic hydroxyl groups excluding tert-OH is 1. The number of rotatable bonds is 2. The predicted molar refractivity (Wildman–Crippen MR) is 64.5 cm³/mol. The summed E-state index contributed by atoms with van der Waals surface area (Å²) in [5, 5.41) is 19.8. The molecule has 0 spiro atoms. The summed E-state index contributed by atoms with van der Waals surface area (Å²) < 4.78 is 24.5. The molecule has 1 aromatic heterocycles. The fourth-order valence-corrected chi connectivity index (χ4v) is 4.25. The first-order valence-corrected chi connectivity index (χ1v) is 7.48. The van der Waals surface area contributed by atoms with Gasteiger partial charge in [-0.25, -0.2) is 13.4 Å². The van der Waals surface area contributed by atoms with Gasteiger partial charge in [-0.2, -0.15) is 5.26 Å². The van der Waals surface area contributed by atoms with Crippen LogP contribution < -0.4 is 0 Å². The van der Waals surface area contributed by atoms with Crippen molar-refractivity contribution in [2.45, 2.75) is 12.5 Å². The van der Waals surface area contributed by atoms with Gasteiger partial charge in [-0.15, -0.1) is 0 Å². The zero-order valence-electron chi connectivity index (χ0n) is 9.67. The van der Waals surface area contributed by atoms with Gasteiger partial charge in [-0.1, -0.05) is 11.6 Å². The van der Waals surface area contributed by atoms with Crippen molar-refractivity contribution in [1.29, 1.82) is 5.26 Å². The second kappa shape index (κ2) is 4.23. The van der Waals surface area contributed by atoms with Crippen LogP contribution in [0, 0.1) is 16.7 Å². The number of imidazole rings is 1. The molecular formula is C10H12ClN3O3S. The first kappa shape index (κ1) is 13.3. The Bertz CT molecular complexity index is 619. The van der Waals surface area contributed by atoms with Crippen LogP contribution >= 0.6 is 11.6 Å². The fourth-order valence-electron chi connectivity index (χ4n) is 2.14. The van der Waals surface area contributed by atoms with Crippen molar-refractivity contribution >= 4 is 21.4 Å². The number of sulfone groups is 1. The molecule has 2 heterocycles. The standard InChI is InChI=1S/C10H12ClN3O3S/c1-14-7(11)4-13-9(14)8(15)10(5-12)2-3-18(16,17)6-10/h4,8,15H,2-3,6H2,1H3. The first-order valence-electron chi connectivity index (χ1n) is 5.28. The molecule has 0 saturated carbocycles. The van der Waals surface area contributed by atoms with Crippen molar-refractivity contribution in [3.8, 4) is 6.07 Å². The molecule has 1 aliphatic heterocycles. The van der Waals surface area contributed by atoms with Crippen LogP contribution in [0.2, 0.25) is 5.15 Å². The largest absolute Gasteiger partial charge is 0.383 e. The molecule has 1 N–H and O–H groups in total. The normalized spacial score (nSPS) is 27.9. The van der Waals surface area contributed by atoms with E-state index in [0.29, 0.717) is 5.15 Å². The summed E-state index contributed by atoms with van der Waals surface area (Å²) in [5.41, 5.74) is -1.33. The Balaban J connectivity index is 2.42. The van der Waals surface area contributed by atoms with E-state index in [2.05, 4.69) is 4.98 Å². The van der Waals surface area contributed by atoms with Gasteiger partial charge in [0, 0.05) is 7.05 Å². The van der Waals surface area contributed by atoms with Crippen molar-refractivity contribution in [2.75, 3.05) is 11.5 Å². The molecule has 1 fully saturated rings. The molecule has 1 aliphatic rings. The van der Waals surface area contributed by atoms with E-state index in [1.165, 1.54) is 10.8 Å². The second-order valence-electron chi connectivity index (χ2n) is 4.51. The summed E-state index contributed by atoms with van der Waals surface area (Å²) in [7, 11) is -1.68. The van der Waals surface area contributed by atoms with Crippen LogP contribution in [-0.4, -0.2) is 34.6 Å². The first-order chi connectivity index (χ1) is 8.31. The van der Waals surface area contributed by atoms with E-state index in [9.17, 15) is 18.8 Å². The van der Waals surface area contributed by atoms with Gasteiger partial charge >= 0.3 is 0 Å². The van der Waals surface area contributed by atoms with Crippen molar-refractivity contribution in [1.82, 2.24) is 9.55 Å². The molecule has 98 valence electrons. The molecule has 6 nitrogen and oxygen atoms in total. The topological polar surface area (TPSA) is 96.0 Å². The zero-order valence-corrected chi connectivity index (χ0v) is 11.2. The van der Waals surface area contributed by atoms with Gasteiger partial charge in [0.25, 0.3) is 0 Å². The lowest BCUT2D eigenvalue weighted by molar-refractivity contribution is 0.0688. The number of hydrogen-bond acceptors (Lipinski definition) is 5. The second-order valence-corrected chi connectivity index (χ2v) is 7.08. The van der Waals surface area contributed by atoms with E-state index in [-0.39, 0.29) is 23.8 Å². The molecule has 0 aliphatic carbocycles. The smallest absolute Gasteiger partial charge is 0.152 e. The monoisotopic (exact) mass is 289 g/mol. The Morgan fingerprint density at radius 1 is 1.72 bits per heavy atom. The third-order valence-electron chi connectivity index (χ3n) is 3.29. The maximum absolute atomic E-state index is 11.5. The van der Waals surface area contributed by atoms with Crippen LogP contribution in [0.1, 0.15) is 18.3 Å². The van der Waals surface area contributed by atoms with Gasteiger partial charge < -0.3 is 9.67 Å². The van der Waals surface area contributed by atoms with Crippen molar-refractivity contribution < 1.29 is 13.5 Å². The molecule has 1 saturated heterocycles. The predicted octanol–water partition coefficient (Wildman–Crippen LogP) is 0.435. The highest BCUT2D eigenvalue weighted by molar-refractivity contribution is 7.91. The van der Waals surface area contributed by atoms with Crippen LogP contribution in [0.15, 0.2) is 6.20 Å². The van der Waals surface area contributed by atoms with Crippen molar-refractivity contribution in [2.24, 2.45) is 12.5 Å². The average molecular weight is 290 g/mol. The summed E-state index contributed by atoms with van der Waals surface area (Å²) in [6.45, 7) is 0. The molecule has 2 unspecified atom stereocenters. The lowest BCUT2D eigenvalue weighted by Gasteiger charge is -2.25. The number of hydrogen-bond donors (Lipinski definition) is 1. The van der Waals surface area contributed by atoms with Gasteiger partial charge in [-0.3, -0.25) is 0 Å². The van der Waals surface area contributed by atoms with Crippen LogP contribution in [0.3, 0.4) is 0 Å². The number of nitrogens with zero attached hydrogens (tertiary/aromatic N) is 3. The molecular weight excluding hydrogens is 278 g/mol. The lowest BCUT2D eigenvalue weighted by atomic mass is 9.82. The molecule has 0 bridgehead atoms. The van der Waals surface area contributed by atoms with E-state index >= 15 is 0 Å². The van der Waals surface area contributed by atoms with E-state index in [4.69, 9.17) is 11.6 Å². The van der Waals surface area contributed by atoms with Gasteiger partial charge in [-0.05, 0) is 6.42 Å². The zero-order chi connectivity index (χ0) is 13.6. The van der Waals surface area contributed by atoms with Crippen LogP contribution in [0.4, 0.5) is 0 Å². The van der Waals surface area contributed by atoms with Gasteiger partial charge in [0.2, 0.25) is 0 Å². The van der Waals surface area contributed by atoms with Crippen LogP contribution in [-0.2, 0) is 16.9 Å². The Kier molecular flexibility index (Phi) is 3.13. The Labute approximate surface area is 110 Å². The minimum atomic E-state index is -3.28. The summed E-state index contributed by atoms with van der Waals surface area (Å²) in [6.07, 6.45) is 0.198. The molecule has 0 radical (unpaired) electrons.